The van der Waals surface area contributed by atoms with E-state index in [4.69, 9.17) is 27.9 Å². The molecule has 1 spiro atoms. The summed E-state index contributed by atoms with van der Waals surface area (Å²) < 4.78 is 6.51. The Morgan fingerprint density at radius 2 is 1.76 bits per heavy atom. The van der Waals surface area contributed by atoms with Crippen molar-refractivity contribution in [3.8, 4) is 0 Å². The van der Waals surface area contributed by atoms with Crippen molar-refractivity contribution in [2.24, 2.45) is 23.7 Å². The van der Waals surface area contributed by atoms with Gasteiger partial charge in [-0.25, -0.2) is 0 Å². The van der Waals surface area contributed by atoms with Gasteiger partial charge in [0.25, 0.3) is 0 Å². The average Bonchev–Trinajstić information content (AvgIpc) is 3.58. The first-order valence-electron chi connectivity index (χ1n) is 14.4. The standard InChI is InChI=1S/C32H35Cl2N3O4/c1-17-8-7-11-24(18(17)2)36-30(39)28-32-13-12-25(41-32)26(29(38)35-23-15-21(33)14-22(34)16-23)27(32)31(40)37(28)19(3)20-9-5-4-6-10-20/h4-6,9-10,12-19,24-28H,7-8,11H2,1-3H3,(H,35,38)(H,36,39)/t17-,18+,19-,24+,25+,26-,27+,28+,32+/m1/s1. The minimum Gasteiger partial charge on any atom is -0.359 e. The number of carbonyl (C=O) groups is 3. The number of halogens is 2. The summed E-state index contributed by atoms with van der Waals surface area (Å²) in [5, 5.41) is 6.96. The lowest BCUT2D eigenvalue weighted by Crippen LogP contribution is -2.58. The topological polar surface area (TPSA) is 87.7 Å². The van der Waals surface area contributed by atoms with E-state index < -0.39 is 35.6 Å². The highest BCUT2D eigenvalue weighted by molar-refractivity contribution is 6.35. The predicted octanol–water partition coefficient (Wildman–Crippen LogP) is 5.78. The third kappa shape index (κ3) is 4.76. The molecule has 9 atom stereocenters. The normalized spacial score (nSPS) is 34.4. The summed E-state index contributed by atoms with van der Waals surface area (Å²) in [7, 11) is 0. The van der Waals surface area contributed by atoms with E-state index in [1.54, 1.807) is 23.1 Å². The van der Waals surface area contributed by atoms with Crippen molar-refractivity contribution in [2.45, 2.75) is 69.9 Å². The van der Waals surface area contributed by atoms with Crippen LogP contribution in [0, 0.1) is 23.7 Å². The second-order valence-corrected chi connectivity index (χ2v) is 12.9. The van der Waals surface area contributed by atoms with Crippen molar-refractivity contribution in [1.82, 2.24) is 10.2 Å². The van der Waals surface area contributed by atoms with Gasteiger partial charge in [-0.2, -0.15) is 0 Å². The lowest BCUT2D eigenvalue weighted by molar-refractivity contribution is -0.144. The van der Waals surface area contributed by atoms with E-state index in [0.717, 1.165) is 24.8 Å². The van der Waals surface area contributed by atoms with E-state index in [1.807, 2.05) is 49.4 Å². The molecule has 1 saturated carbocycles. The Morgan fingerprint density at radius 1 is 1.05 bits per heavy atom. The number of nitrogens with zero attached hydrogens (tertiary/aromatic N) is 1. The molecular formula is C32H35Cl2N3O4. The summed E-state index contributed by atoms with van der Waals surface area (Å²) in [5.74, 6) is -1.72. The van der Waals surface area contributed by atoms with Crippen molar-refractivity contribution < 1.29 is 19.1 Å². The van der Waals surface area contributed by atoms with Gasteiger partial charge in [-0.05, 0) is 48.9 Å². The summed E-state index contributed by atoms with van der Waals surface area (Å²) in [6, 6.07) is 13.1. The summed E-state index contributed by atoms with van der Waals surface area (Å²) in [6.45, 7) is 6.33. The maximum Gasteiger partial charge on any atom is 0.246 e. The molecule has 3 amide bonds. The van der Waals surface area contributed by atoms with Gasteiger partial charge in [0.2, 0.25) is 17.7 Å². The summed E-state index contributed by atoms with van der Waals surface area (Å²) in [6.07, 6.45) is 6.12. The average molecular weight is 597 g/mol. The summed E-state index contributed by atoms with van der Waals surface area (Å²) in [5.41, 5.74) is 0.0950. The fourth-order valence-corrected chi connectivity index (χ4v) is 7.94. The van der Waals surface area contributed by atoms with Crippen LogP contribution in [0.5, 0.6) is 0 Å². The van der Waals surface area contributed by atoms with Gasteiger partial charge < -0.3 is 20.3 Å². The fourth-order valence-electron chi connectivity index (χ4n) is 7.41. The van der Waals surface area contributed by atoms with Gasteiger partial charge in [-0.1, -0.05) is 92.4 Å². The Balaban J connectivity index is 1.35. The minimum atomic E-state index is -1.24. The number of rotatable bonds is 6. The molecule has 41 heavy (non-hydrogen) atoms. The molecule has 0 unspecified atom stereocenters. The van der Waals surface area contributed by atoms with Crippen LogP contribution in [0.2, 0.25) is 10.0 Å². The SMILES string of the molecule is C[C@H]1[C@H](C)CCC[C@@H]1NC(=O)[C@@H]1N([C@H](C)c2ccccc2)C(=O)[C@@H]2[C@H](C(=O)Nc3cc(Cl)cc(Cl)c3)[C@@H]3C=C[C@]21O3. The summed E-state index contributed by atoms with van der Waals surface area (Å²) in [4.78, 5) is 44.1. The van der Waals surface area contributed by atoms with Crippen molar-refractivity contribution in [3.63, 3.8) is 0 Å². The molecule has 3 aliphatic heterocycles. The zero-order chi connectivity index (χ0) is 29.1. The van der Waals surface area contributed by atoms with Crippen LogP contribution in [0.1, 0.15) is 51.6 Å². The second kappa shape index (κ2) is 10.8. The molecule has 3 fully saturated rings. The maximum atomic E-state index is 14.4. The van der Waals surface area contributed by atoms with Gasteiger partial charge in [0.1, 0.15) is 11.6 Å². The smallest absolute Gasteiger partial charge is 0.246 e. The van der Waals surface area contributed by atoms with Crippen LogP contribution in [0.4, 0.5) is 5.69 Å². The molecule has 2 bridgehead atoms. The number of anilines is 1. The first-order chi connectivity index (χ1) is 19.6. The zero-order valence-corrected chi connectivity index (χ0v) is 24.9. The van der Waals surface area contributed by atoms with Crippen LogP contribution < -0.4 is 10.6 Å². The van der Waals surface area contributed by atoms with Gasteiger partial charge in [-0.3, -0.25) is 14.4 Å². The van der Waals surface area contributed by atoms with Crippen LogP contribution in [-0.2, 0) is 19.1 Å². The number of fused-ring (bicyclic) bond motifs is 1. The molecule has 216 valence electrons. The highest BCUT2D eigenvalue weighted by atomic mass is 35.5. The first kappa shape index (κ1) is 28.3. The van der Waals surface area contributed by atoms with E-state index in [1.165, 1.54) is 0 Å². The quantitative estimate of drug-likeness (QED) is 0.414. The predicted molar refractivity (Wildman–Crippen MR) is 158 cm³/mol. The number of benzene rings is 2. The molecule has 9 heteroatoms. The van der Waals surface area contributed by atoms with Gasteiger partial charge in [-0.15, -0.1) is 0 Å². The van der Waals surface area contributed by atoms with Crippen LogP contribution in [0.25, 0.3) is 0 Å². The molecule has 2 saturated heterocycles. The Bertz CT molecular complexity index is 1380. The highest BCUT2D eigenvalue weighted by Crippen LogP contribution is 2.57. The van der Waals surface area contributed by atoms with Gasteiger partial charge in [0.05, 0.1) is 24.0 Å². The lowest BCUT2D eigenvalue weighted by atomic mass is 9.73. The molecule has 3 heterocycles. The molecule has 2 aromatic carbocycles. The Hall–Kier alpha value is -2.87. The van der Waals surface area contributed by atoms with Crippen molar-refractivity contribution in [2.75, 3.05) is 5.32 Å². The number of hydrogen-bond acceptors (Lipinski definition) is 4. The van der Waals surface area contributed by atoms with E-state index in [9.17, 15) is 14.4 Å². The monoisotopic (exact) mass is 595 g/mol. The third-order valence-electron chi connectivity index (χ3n) is 9.73. The van der Waals surface area contributed by atoms with Crippen LogP contribution in [0.15, 0.2) is 60.7 Å². The van der Waals surface area contributed by atoms with E-state index in [0.29, 0.717) is 27.6 Å². The molecule has 0 radical (unpaired) electrons. The van der Waals surface area contributed by atoms with Crippen molar-refractivity contribution in [3.05, 3.63) is 76.3 Å². The highest BCUT2D eigenvalue weighted by Gasteiger charge is 2.73. The van der Waals surface area contributed by atoms with Gasteiger partial charge in [0, 0.05) is 21.8 Å². The molecular weight excluding hydrogens is 561 g/mol. The molecule has 4 aliphatic rings. The first-order valence-corrected chi connectivity index (χ1v) is 15.2. The van der Waals surface area contributed by atoms with E-state index in [-0.39, 0.29) is 23.8 Å². The number of amides is 3. The number of carbonyl (C=O) groups excluding carboxylic acids is 3. The number of ether oxygens (including phenoxy) is 1. The molecule has 7 nitrogen and oxygen atoms in total. The van der Waals surface area contributed by atoms with Crippen molar-refractivity contribution >= 4 is 46.6 Å². The number of nitrogens with one attached hydrogen (secondary N) is 2. The largest absolute Gasteiger partial charge is 0.359 e. The number of hydrogen-bond donors (Lipinski definition) is 2. The van der Waals surface area contributed by atoms with Crippen molar-refractivity contribution in [1.29, 1.82) is 0 Å². The molecule has 6 rings (SSSR count). The Kier molecular flexibility index (Phi) is 7.41. The third-order valence-corrected chi connectivity index (χ3v) is 10.2. The minimum absolute atomic E-state index is 0.0138. The molecule has 1 aliphatic carbocycles. The van der Waals surface area contributed by atoms with E-state index in [2.05, 4.69) is 24.5 Å². The zero-order valence-electron chi connectivity index (χ0n) is 23.3. The second-order valence-electron chi connectivity index (χ2n) is 12.1. The van der Waals surface area contributed by atoms with Gasteiger partial charge >= 0.3 is 0 Å². The van der Waals surface area contributed by atoms with Crippen LogP contribution in [0.3, 0.4) is 0 Å². The Morgan fingerprint density at radius 3 is 2.46 bits per heavy atom. The fraction of sp³-hybridized carbons (Fsp3) is 0.469. The number of likely N-dealkylation sites (tertiary alicyclic amines) is 1. The molecule has 2 N–H and O–H groups in total. The van der Waals surface area contributed by atoms with Crippen LogP contribution in [-0.4, -0.2) is 46.4 Å². The van der Waals surface area contributed by atoms with Crippen LogP contribution >= 0.6 is 23.2 Å². The lowest BCUT2D eigenvalue weighted by Gasteiger charge is -2.39. The maximum absolute atomic E-state index is 14.4. The molecule has 2 aromatic rings. The summed E-state index contributed by atoms with van der Waals surface area (Å²) >= 11 is 12.3. The van der Waals surface area contributed by atoms with E-state index >= 15 is 0 Å². The Labute approximate surface area is 250 Å². The molecule has 0 aromatic heterocycles. The van der Waals surface area contributed by atoms with Gasteiger partial charge in [0.15, 0.2) is 0 Å².